The Morgan fingerprint density at radius 2 is 1.47 bits per heavy atom. The van der Waals surface area contributed by atoms with E-state index in [1.54, 1.807) is 0 Å². The summed E-state index contributed by atoms with van der Waals surface area (Å²) in [5, 5.41) is 10.1. The van der Waals surface area contributed by atoms with E-state index in [0.717, 1.165) is 24.8 Å². The van der Waals surface area contributed by atoms with E-state index in [1.165, 1.54) is 22.3 Å². The second-order valence-corrected chi connectivity index (χ2v) is 4.28. The Labute approximate surface area is 93.1 Å². The van der Waals surface area contributed by atoms with Gasteiger partial charge >= 0.3 is 0 Å². The normalized spacial score (nSPS) is 10.7. The fraction of sp³-hybridized carbons (Fsp3) is 0.571. The molecule has 1 aromatic carbocycles. The summed E-state index contributed by atoms with van der Waals surface area (Å²) >= 11 is 0. The van der Waals surface area contributed by atoms with Gasteiger partial charge in [-0.25, -0.2) is 0 Å². The van der Waals surface area contributed by atoms with Crippen molar-refractivity contribution in [3.8, 4) is 5.75 Å². The van der Waals surface area contributed by atoms with Crippen LogP contribution in [-0.4, -0.2) is 5.11 Å². The monoisotopic (exact) mass is 206 g/mol. The van der Waals surface area contributed by atoms with Crippen molar-refractivity contribution >= 4 is 0 Å². The van der Waals surface area contributed by atoms with Crippen LogP contribution in [0.3, 0.4) is 0 Å². The molecule has 84 valence electrons. The van der Waals surface area contributed by atoms with E-state index in [9.17, 15) is 5.11 Å². The summed E-state index contributed by atoms with van der Waals surface area (Å²) in [5.41, 5.74) is 6.16. The third-order valence-corrected chi connectivity index (χ3v) is 3.44. The molecule has 0 aromatic heterocycles. The zero-order chi connectivity index (χ0) is 11.6. The average molecular weight is 206 g/mol. The number of phenols is 1. The Morgan fingerprint density at radius 3 is 1.93 bits per heavy atom. The van der Waals surface area contributed by atoms with Crippen molar-refractivity contribution in [2.75, 3.05) is 0 Å². The highest BCUT2D eigenvalue weighted by molar-refractivity contribution is 5.53. The summed E-state index contributed by atoms with van der Waals surface area (Å²) in [6.45, 7) is 10.6. The molecule has 1 rings (SSSR count). The average Bonchev–Trinajstić information content (AvgIpc) is 2.24. The molecule has 0 heterocycles. The van der Waals surface area contributed by atoms with Gasteiger partial charge in [-0.2, -0.15) is 0 Å². The highest BCUT2D eigenvalue weighted by Crippen LogP contribution is 2.33. The van der Waals surface area contributed by atoms with Crippen LogP contribution >= 0.6 is 0 Å². The molecule has 15 heavy (non-hydrogen) atoms. The van der Waals surface area contributed by atoms with E-state index < -0.39 is 0 Å². The largest absolute Gasteiger partial charge is 0.507 e. The van der Waals surface area contributed by atoms with Crippen molar-refractivity contribution in [2.45, 2.75) is 53.9 Å². The van der Waals surface area contributed by atoms with Gasteiger partial charge in [0.2, 0.25) is 0 Å². The van der Waals surface area contributed by atoms with Gasteiger partial charge in [0, 0.05) is 0 Å². The minimum Gasteiger partial charge on any atom is -0.507 e. The molecule has 1 N–H and O–H groups in total. The number of phenolic OH excluding ortho intramolecular Hbond substituents is 1. The van der Waals surface area contributed by atoms with Crippen LogP contribution in [0.4, 0.5) is 0 Å². The van der Waals surface area contributed by atoms with Gasteiger partial charge in [-0.3, -0.25) is 0 Å². The fourth-order valence-electron chi connectivity index (χ4n) is 2.28. The minimum atomic E-state index is 0.525. The van der Waals surface area contributed by atoms with Gasteiger partial charge in [0.25, 0.3) is 0 Å². The number of hydrogen-bond acceptors (Lipinski definition) is 1. The summed E-state index contributed by atoms with van der Waals surface area (Å²) in [6, 6.07) is 0. The quantitative estimate of drug-likeness (QED) is 0.796. The molecule has 0 spiro atoms. The lowest BCUT2D eigenvalue weighted by molar-refractivity contribution is 0.461. The molecule has 0 amide bonds. The van der Waals surface area contributed by atoms with Crippen LogP contribution in [0.25, 0.3) is 0 Å². The first-order valence-corrected chi connectivity index (χ1v) is 5.84. The number of hydrogen-bond donors (Lipinski definition) is 1. The first kappa shape index (κ1) is 12.1. The molecule has 0 aliphatic rings. The van der Waals surface area contributed by atoms with Crippen molar-refractivity contribution in [1.82, 2.24) is 0 Å². The van der Waals surface area contributed by atoms with E-state index in [-0.39, 0.29) is 0 Å². The Kier molecular flexibility index (Phi) is 3.78. The molecule has 0 fully saturated rings. The van der Waals surface area contributed by atoms with Gasteiger partial charge < -0.3 is 5.11 Å². The minimum absolute atomic E-state index is 0.525. The number of benzene rings is 1. The van der Waals surface area contributed by atoms with E-state index in [4.69, 9.17) is 0 Å². The Balaban J connectivity index is 3.47. The van der Waals surface area contributed by atoms with Crippen molar-refractivity contribution in [1.29, 1.82) is 0 Å². The lowest BCUT2D eigenvalue weighted by Crippen LogP contribution is -2.02. The fourth-order valence-corrected chi connectivity index (χ4v) is 2.28. The van der Waals surface area contributed by atoms with Gasteiger partial charge in [-0.1, -0.05) is 20.3 Å². The van der Waals surface area contributed by atoms with Crippen LogP contribution in [0, 0.1) is 20.8 Å². The van der Waals surface area contributed by atoms with Crippen LogP contribution < -0.4 is 0 Å². The molecule has 0 aliphatic carbocycles. The highest BCUT2D eigenvalue weighted by atomic mass is 16.3. The molecule has 0 aliphatic heterocycles. The Hall–Kier alpha value is -0.980. The summed E-state index contributed by atoms with van der Waals surface area (Å²) in [7, 11) is 0. The summed E-state index contributed by atoms with van der Waals surface area (Å²) in [4.78, 5) is 0. The molecule has 1 aromatic rings. The van der Waals surface area contributed by atoms with Gasteiger partial charge in [0.05, 0.1) is 0 Å². The number of aromatic hydroxyl groups is 1. The molecular formula is C14H22O. The maximum Gasteiger partial charge on any atom is 0.122 e. The summed E-state index contributed by atoms with van der Waals surface area (Å²) in [5.74, 6) is 0.525. The first-order valence-electron chi connectivity index (χ1n) is 5.84. The van der Waals surface area contributed by atoms with Crippen molar-refractivity contribution in [3.05, 3.63) is 27.8 Å². The molecule has 0 bridgehead atoms. The zero-order valence-corrected chi connectivity index (χ0v) is 10.6. The third-order valence-electron chi connectivity index (χ3n) is 3.44. The van der Waals surface area contributed by atoms with E-state index in [0.29, 0.717) is 5.75 Å². The molecular weight excluding hydrogens is 184 g/mol. The Morgan fingerprint density at radius 1 is 0.867 bits per heavy atom. The van der Waals surface area contributed by atoms with Crippen molar-refractivity contribution in [2.24, 2.45) is 0 Å². The Bertz CT molecular complexity index is 364. The zero-order valence-electron chi connectivity index (χ0n) is 10.6. The molecule has 0 atom stereocenters. The van der Waals surface area contributed by atoms with Gasteiger partial charge in [0.1, 0.15) is 5.75 Å². The number of rotatable bonds is 3. The standard InChI is InChI=1S/C14H22O/c1-6-8-13-12(7-2)10(4)9(3)11(5)14(13)15/h15H,6-8H2,1-5H3. The third kappa shape index (κ3) is 2.01. The molecule has 0 radical (unpaired) electrons. The second kappa shape index (κ2) is 4.69. The van der Waals surface area contributed by atoms with Crippen LogP contribution in [0.2, 0.25) is 0 Å². The van der Waals surface area contributed by atoms with Crippen molar-refractivity contribution < 1.29 is 5.11 Å². The van der Waals surface area contributed by atoms with Gasteiger partial charge in [0.15, 0.2) is 0 Å². The predicted octanol–water partition coefficient (Wildman–Crippen LogP) is 3.83. The van der Waals surface area contributed by atoms with Crippen LogP contribution in [0.5, 0.6) is 5.75 Å². The highest BCUT2D eigenvalue weighted by Gasteiger charge is 2.14. The van der Waals surface area contributed by atoms with Crippen molar-refractivity contribution in [3.63, 3.8) is 0 Å². The van der Waals surface area contributed by atoms with Crippen LogP contribution in [0.1, 0.15) is 48.1 Å². The van der Waals surface area contributed by atoms with Gasteiger partial charge in [-0.15, -0.1) is 0 Å². The van der Waals surface area contributed by atoms with Crippen LogP contribution in [0.15, 0.2) is 0 Å². The predicted molar refractivity (Wildman–Crippen MR) is 65.7 cm³/mol. The smallest absolute Gasteiger partial charge is 0.122 e. The molecule has 0 saturated carbocycles. The lowest BCUT2D eigenvalue weighted by atomic mass is 9.89. The molecule has 0 saturated heterocycles. The topological polar surface area (TPSA) is 20.2 Å². The first-order chi connectivity index (χ1) is 7.04. The molecule has 1 nitrogen and oxygen atoms in total. The summed E-state index contributed by atoms with van der Waals surface area (Å²) in [6.07, 6.45) is 3.08. The lowest BCUT2D eigenvalue weighted by Gasteiger charge is -2.18. The molecule has 1 heteroatoms. The van der Waals surface area contributed by atoms with Gasteiger partial charge in [-0.05, 0) is 61.4 Å². The maximum atomic E-state index is 10.1. The van der Waals surface area contributed by atoms with E-state index in [1.807, 2.05) is 6.92 Å². The van der Waals surface area contributed by atoms with Crippen LogP contribution in [-0.2, 0) is 12.8 Å². The van der Waals surface area contributed by atoms with E-state index >= 15 is 0 Å². The SMILES string of the molecule is CCCc1c(O)c(C)c(C)c(C)c1CC. The van der Waals surface area contributed by atoms with E-state index in [2.05, 4.69) is 27.7 Å². The maximum absolute atomic E-state index is 10.1. The molecule has 0 unspecified atom stereocenters. The summed E-state index contributed by atoms with van der Waals surface area (Å²) < 4.78 is 0. The second-order valence-electron chi connectivity index (χ2n) is 4.28.